The number of nitrogens with zero attached hydrogens (tertiary/aromatic N) is 1. The van der Waals surface area contributed by atoms with E-state index in [4.69, 9.17) is 0 Å². The number of aliphatic hydroxyl groups is 1. The third-order valence-electron chi connectivity index (χ3n) is 3.57. The van der Waals surface area contributed by atoms with Gasteiger partial charge >= 0.3 is 0 Å². The summed E-state index contributed by atoms with van der Waals surface area (Å²) in [7, 11) is 0. The highest BCUT2D eigenvalue weighted by molar-refractivity contribution is 5.77. The molecule has 94 valence electrons. The van der Waals surface area contributed by atoms with Gasteiger partial charge in [-0.3, -0.25) is 9.69 Å². The number of hydrogen-bond donors (Lipinski definition) is 2. The van der Waals surface area contributed by atoms with Crippen LogP contribution in [-0.4, -0.2) is 48.7 Å². The number of amides is 1. The van der Waals surface area contributed by atoms with Gasteiger partial charge < -0.3 is 10.4 Å². The van der Waals surface area contributed by atoms with Crippen LogP contribution < -0.4 is 5.32 Å². The Morgan fingerprint density at radius 3 is 2.81 bits per heavy atom. The van der Waals surface area contributed by atoms with Crippen molar-refractivity contribution < 1.29 is 9.90 Å². The van der Waals surface area contributed by atoms with Crippen molar-refractivity contribution in [1.82, 2.24) is 10.2 Å². The number of aliphatic hydroxyl groups excluding tert-OH is 1. The molecule has 16 heavy (non-hydrogen) atoms. The molecule has 4 heteroatoms. The van der Waals surface area contributed by atoms with Gasteiger partial charge in [-0.1, -0.05) is 6.92 Å². The zero-order valence-corrected chi connectivity index (χ0v) is 10.5. The van der Waals surface area contributed by atoms with Crippen LogP contribution in [0, 0.1) is 5.41 Å². The Kier molecular flexibility index (Phi) is 5.22. The molecule has 0 unspecified atom stereocenters. The number of nitrogens with one attached hydrogen (secondary N) is 1. The molecule has 1 heterocycles. The standard InChI is InChI=1S/C12H24N2O2/c1-3-12(10-15)6-5-7-14(9-12)8-11(16)13-4-2/h15H,3-10H2,1-2H3,(H,13,16)/t12-/m1/s1. The molecule has 1 saturated heterocycles. The van der Waals surface area contributed by atoms with Crippen molar-refractivity contribution in [3.05, 3.63) is 0 Å². The van der Waals surface area contributed by atoms with Crippen LogP contribution in [0.2, 0.25) is 0 Å². The van der Waals surface area contributed by atoms with Crippen molar-refractivity contribution in [1.29, 1.82) is 0 Å². The first-order valence-electron chi connectivity index (χ1n) is 6.25. The van der Waals surface area contributed by atoms with E-state index in [9.17, 15) is 9.90 Å². The number of carbonyl (C=O) groups excluding carboxylic acids is 1. The van der Waals surface area contributed by atoms with Crippen LogP contribution in [0.3, 0.4) is 0 Å². The third-order valence-corrected chi connectivity index (χ3v) is 3.57. The Labute approximate surface area is 98.0 Å². The minimum Gasteiger partial charge on any atom is -0.396 e. The number of rotatable bonds is 5. The van der Waals surface area contributed by atoms with Crippen LogP contribution in [0.5, 0.6) is 0 Å². The molecule has 0 aromatic heterocycles. The van der Waals surface area contributed by atoms with Crippen molar-refractivity contribution >= 4 is 5.91 Å². The fourth-order valence-corrected chi connectivity index (χ4v) is 2.43. The molecular formula is C12H24N2O2. The Balaban J connectivity index is 2.47. The highest BCUT2D eigenvalue weighted by atomic mass is 16.3. The average molecular weight is 228 g/mol. The molecule has 0 radical (unpaired) electrons. The molecule has 2 N–H and O–H groups in total. The molecule has 0 aromatic rings. The molecule has 1 atom stereocenters. The predicted molar refractivity (Wildman–Crippen MR) is 64.2 cm³/mol. The van der Waals surface area contributed by atoms with Gasteiger partial charge in [0.1, 0.15) is 0 Å². The number of carbonyl (C=O) groups is 1. The molecule has 0 spiro atoms. The van der Waals surface area contributed by atoms with Crippen molar-refractivity contribution in [2.75, 3.05) is 32.8 Å². The van der Waals surface area contributed by atoms with E-state index in [-0.39, 0.29) is 17.9 Å². The second kappa shape index (κ2) is 6.21. The fourth-order valence-electron chi connectivity index (χ4n) is 2.43. The van der Waals surface area contributed by atoms with Crippen molar-refractivity contribution in [2.45, 2.75) is 33.1 Å². The van der Waals surface area contributed by atoms with Crippen LogP contribution in [0.4, 0.5) is 0 Å². The van der Waals surface area contributed by atoms with Crippen molar-refractivity contribution in [3.8, 4) is 0 Å². The highest BCUT2D eigenvalue weighted by Gasteiger charge is 2.33. The van der Waals surface area contributed by atoms with Crippen LogP contribution in [-0.2, 0) is 4.79 Å². The second-order valence-electron chi connectivity index (χ2n) is 4.78. The van der Waals surface area contributed by atoms with Crippen molar-refractivity contribution in [3.63, 3.8) is 0 Å². The first-order chi connectivity index (χ1) is 7.65. The van der Waals surface area contributed by atoms with Crippen LogP contribution in [0.15, 0.2) is 0 Å². The van der Waals surface area contributed by atoms with Gasteiger partial charge in [-0.2, -0.15) is 0 Å². The first-order valence-corrected chi connectivity index (χ1v) is 6.25. The Bertz CT molecular complexity index is 227. The van der Waals surface area contributed by atoms with E-state index in [1.54, 1.807) is 0 Å². The summed E-state index contributed by atoms with van der Waals surface area (Å²) in [4.78, 5) is 13.6. The van der Waals surface area contributed by atoms with Gasteiger partial charge in [0.15, 0.2) is 0 Å². The Hall–Kier alpha value is -0.610. The smallest absolute Gasteiger partial charge is 0.234 e. The lowest BCUT2D eigenvalue weighted by atomic mass is 9.78. The zero-order valence-electron chi connectivity index (χ0n) is 10.5. The van der Waals surface area contributed by atoms with Gasteiger partial charge in [-0.05, 0) is 32.7 Å². The molecule has 1 aliphatic heterocycles. The normalized spacial score (nSPS) is 26.7. The molecule has 0 bridgehead atoms. The minimum absolute atomic E-state index is 0.0186. The summed E-state index contributed by atoms with van der Waals surface area (Å²) in [6.45, 7) is 7.25. The van der Waals surface area contributed by atoms with Crippen LogP contribution in [0.25, 0.3) is 0 Å². The lowest BCUT2D eigenvalue weighted by molar-refractivity contribution is -0.123. The summed E-state index contributed by atoms with van der Waals surface area (Å²) in [6.07, 6.45) is 3.13. The van der Waals surface area contributed by atoms with E-state index < -0.39 is 0 Å². The average Bonchev–Trinajstić information content (AvgIpc) is 2.29. The summed E-state index contributed by atoms with van der Waals surface area (Å²) in [6, 6.07) is 0. The van der Waals surface area contributed by atoms with E-state index >= 15 is 0 Å². The largest absolute Gasteiger partial charge is 0.396 e. The SMILES string of the molecule is CCNC(=O)CN1CCC[C@@](CC)(CO)C1. The van der Waals surface area contributed by atoms with Gasteiger partial charge in [0.05, 0.1) is 6.54 Å². The number of likely N-dealkylation sites (N-methyl/N-ethyl adjacent to an activating group) is 1. The lowest BCUT2D eigenvalue weighted by Crippen LogP contribution is -2.48. The third kappa shape index (κ3) is 3.46. The predicted octanol–water partition coefficient (Wildman–Crippen LogP) is 0.607. The summed E-state index contributed by atoms with van der Waals surface area (Å²) in [5.74, 6) is 0.0901. The van der Waals surface area contributed by atoms with E-state index in [0.29, 0.717) is 13.1 Å². The molecule has 0 saturated carbocycles. The van der Waals surface area contributed by atoms with Gasteiger partial charge in [-0.15, -0.1) is 0 Å². The van der Waals surface area contributed by atoms with Gasteiger partial charge in [0.2, 0.25) is 5.91 Å². The van der Waals surface area contributed by atoms with E-state index in [1.807, 2.05) is 6.92 Å². The number of piperidine rings is 1. The molecule has 1 amide bonds. The van der Waals surface area contributed by atoms with E-state index in [2.05, 4.69) is 17.1 Å². The maximum Gasteiger partial charge on any atom is 0.234 e. The Morgan fingerprint density at radius 2 is 2.25 bits per heavy atom. The first kappa shape index (κ1) is 13.5. The molecule has 0 aromatic carbocycles. The van der Waals surface area contributed by atoms with E-state index in [0.717, 1.165) is 32.4 Å². The van der Waals surface area contributed by atoms with E-state index in [1.165, 1.54) is 0 Å². The van der Waals surface area contributed by atoms with Gasteiger partial charge in [-0.25, -0.2) is 0 Å². The van der Waals surface area contributed by atoms with Crippen LogP contribution >= 0.6 is 0 Å². The Morgan fingerprint density at radius 1 is 1.50 bits per heavy atom. The topological polar surface area (TPSA) is 52.6 Å². The zero-order chi connectivity index (χ0) is 12.0. The molecule has 1 aliphatic rings. The van der Waals surface area contributed by atoms with Gasteiger partial charge in [0, 0.05) is 25.1 Å². The summed E-state index contributed by atoms with van der Waals surface area (Å²) < 4.78 is 0. The molecule has 1 fully saturated rings. The second-order valence-corrected chi connectivity index (χ2v) is 4.78. The highest BCUT2D eigenvalue weighted by Crippen LogP contribution is 2.32. The lowest BCUT2D eigenvalue weighted by Gasteiger charge is -2.41. The molecule has 4 nitrogen and oxygen atoms in total. The fraction of sp³-hybridized carbons (Fsp3) is 0.917. The molecular weight excluding hydrogens is 204 g/mol. The summed E-state index contributed by atoms with van der Waals surface area (Å²) in [5.41, 5.74) is 0.0186. The maximum atomic E-state index is 11.5. The summed E-state index contributed by atoms with van der Waals surface area (Å²) >= 11 is 0. The number of likely N-dealkylation sites (tertiary alicyclic amines) is 1. The monoisotopic (exact) mass is 228 g/mol. The van der Waals surface area contributed by atoms with Gasteiger partial charge in [0.25, 0.3) is 0 Å². The molecule has 0 aliphatic carbocycles. The molecule has 1 rings (SSSR count). The summed E-state index contributed by atoms with van der Waals surface area (Å²) in [5, 5.41) is 12.3. The maximum absolute atomic E-state index is 11.5. The minimum atomic E-state index is 0.0186. The quantitative estimate of drug-likeness (QED) is 0.725. The van der Waals surface area contributed by atoms with Crippen molar-refractivity contribution in [2.24, 2.45) is 5.41 Å². The van der Waals surface area contributed by atoms with Crippen LogP contribution in [0.1, 0.15) is 33.1 Å². The number of hydrogen-bond acceptors (Lipinski definition) is 3.